The molecule has 4 nitrogen and oxygen atoms in total. The van der Waals surface area contributed by atoms with Gasteiger partial charge in [-0.3, -0.25) is 4.79 Å². The smallest absolute Gasteiger partial charge is 0.235 e. The molecule has 0 atom stereocenters. The number of hydrogen-bond donors (Lipinski definition) is 0. The average molecular weight is 439 g/mol. The minimum absolute atomic E-state index is 0.0805. The number of methoxy groups -OCH3 is 1. The van der Waals surface area contributed by atoms with E-state index in [4.69, 9.17) is 4.74 Å². The first kappa shape index (κ1) is 22.6. The Morgan fingerprint density at radius 3 is 1.97 bits per heavy atom. The Morgan fingerprint density at radius 2 is 1.39 bits per heavy atom. The number of amides is 1. The molecule has 0 fully saturated rings. The van der Waals surface area contributed by atoms with Gasteiger partial charge in [0.15, 0.2) is 0 Å². The van der Waals surface area contributed by atoms with E-state index >= 15 is 0 Å². The number of aromatic nitrogens is 1. The molecular weight excluding hydrogens is 408 g/mol. The molecule has 4 aromatic rings. The fraction of sp³-hybridized carbons (Fsp3) is 0.207. The number of benzene rings is 3. The van der Waals surface area contributed by atoms with E-state index in [2.05, 4.69) is 41.1 Å². The molecule has 1 amide bonds. The lowest BCUT2D eigenvalue weighted by molar-refractivity contribution is -0.133. The number of ether oxygens (including phenoxy) is 1. The molecule has 3 aromatic carbocycles. The minimum atomic E-state index is -0.359. The molecule has 0 N–H and O–H groups in total. The number of nitrogens with zero attached hydrogens (tertiary/aromatic N) is 2. The van der Waals surface area contributed by atoms with Crippen molar-refractivity contribution in [3.05, 3.63) is 132 Å². The van der Waals surface area contributed by atoms with Crippen LogP contribution in [0.5, 0.6) is 0 Å². The van der Waals surface area contributed by atoms with Gasteiger partial charge in [-0.25, -0.2) is 0 Å². The molecule has 4 heteroatoms. The largest absolute Gasteiger partial charge is 0.383 e. The molecule has 0 aliphatic heterocycles. The lowest BCUT2D eigenvalue weighted by atomic mass is 9.90. The summed E-state index contributed by atoms with van der Waals surface area (Å²) >= 11 is 0. The van der Waals surface area contributed by atoms with Gasteiger partial charge in [0.25, 0.3) is 0 Å². The van der Waals surface area contributed by atoms with Gasteiger partial charge in [0.1, 0.15) is 0 Å². The highest BCUT2D eigenvalue weighted by molar-refractivity contribution is 5.87. The average Bonchev–Trinajstić information content (AvgIpc) is 3.30. The van der Waals surface area contributed by atoms with Crippen molar-refractivity contribution in [3.8, 4) is 0 Å². The van der Waals surface area contributed by atoms with Gasteiger partial charge in [-0.15, -0.1) is 0 Å². The van der Waals surface area contributed by atoms with Gasteiger partial charge in [-0.05, 0) is 28.8 Å². The summed E-state index contributed by atoms with van der Waals surface area (Å²) in [5.74, 6) is -0.279. The highest BCUT2D eigenvalue weighted by atomic mass is 16.5. The van der Waals surface area contributed by atoms with E-state index in [1.54, 1.807) is 7.11 Å². The zero-order valence-electron chi connectivity index (χ0n) is 19.0. The van der Waals surface area contributed by atoms with E-state index < -0.39 is 0 Å². The zero-order chi connectivity index (χ0) is 22.9. The highest BCUT2D eigenvalue weighted by Crippen LogP contribution is 2.27. The molecule has 1 aromatic heterocycles. The summed E-state index contributed by atoms with van der Waals surface area (Å²) in [6, 6.07) is 34.6. The van der Waals surface area contributed by atoms with Crippen molar-refractivity contribution >= 4 is 5.91 Å². The van der Waals surface area contributed by atoms with Crippen LogP contribution in [0, 0.1) is 0 Å². The van der Waals surface area contributed by atoms with Crippen LogP contribution in [-0.4, -0.2) is 35.6 Å². The lowest BCUT2D eigenvalue weighted by Gasteiger charge is -2.28. The van der Waals surface area contributed by atoms with Crippen molar-refractivity contribution in [2.45, 2.75) is 19.0 Å². The molecule has 168 valence electrons. The van der Waals surface area contributed by atoms with Gasteiger partial charge >= 0.3 is 0 Å². The molecule has 0 aliphatic rings. The molecule has 0 saturated heterocycles. The Bertz CT molecular complexity index is 1080. The Kier molecular flexibility index (Phi) is 7.72. The fourth-order valence-corrected chi connectivity index (χ4v) is 4.14. The van der Waals surface area contributed by atoms with E-state index in [0.29, 0.717) is 19.7 Å². The van der Waals surface area contributed by atoms with E-state index in [9.17, 15) is 4.79 Å². The van der Waals surface area contributed by atoms with Crippen LogP contribution in [0.1, 0.15) is 28.3 Å². The topological polar surface area (TPSA) is 34.5 Å². The van der Waals surface area contributed by atoms with E-state index in [0.717, 1.165) is 23.4 Å². The van der Waals surface area contributed by atoms with Gasteiger partial charge in [-0.1, -0.05) is 91.0 Å². The van der Waals surface area contributed by atoms with Gasteiger partial charge < -0.3 is 14.2 Å². The van der Waals surface area contributed by atoms with E-state index in [1.165, 1.54) is 5.56 Å². The van der Waals surface area contributed by atoms with Crippen LogP contribution in [0.15, 0.2) is 109 Å². The van der Waals surface area contributed by atoms with Crippen molar-refractivity contribution in [2.75, 3.05) is 20.3 Å². The first-order valence-corrected chi connectivity index (χ1v) is 11.3. The summed E-state index contributed by atoms with van der Waals surface area (Å²) in [7, 11) is 1.67. The lowest BCUT2D eigenvalue weighted by Crippen LogP contribution is -2.38. The summed E-state index contributed by atoms with van der Waals surface area (Å²) in [5, 5.41) is 0. The van der Waals surface area contributed by atoms with E-state index in [1.807, 2.05) is 77.7 Å². The number of carbonyl (C=O) groups is 1. The molecule has 33 heavy (non-hydrogen) atoms. The Morgan fingerprint density at radius 1 is 0.818 bits per heavy atom. The molecule has 1 heterocycles. The van der Waals surface area contributed by atoms with Crippen LogP contribution >= 0.6 is 0 Å². The predicted molar refractivity (Wildman–Crippen MR) is 132 cm³/mol. The third-order valence-corrected chi connectivity index (χ3v) is 5.86. The van der Waals surface area contributed by atoms with Gasteiger partial charge in [0.05, 0.1) is 19.1 Å². The normalized spacial score (nSPS) is 11.0. The summed E-state index contributed by atoms with van der Waals surface area (Å²) < 4.78 is 7.57. The highest BCUT2D eigenvalue weighted by Gasteiger charge is 2.28. The SMILES string of the molecule is COCCN(Cc1cccn1Cc1ccccc1)C(=O)C(c1ccccc1)c1ccccc1. The fourth-order valence-electron chi connectivity index (χ4n) is 4.14. The maximum Gasteiger partial charge on any atom is 0.235 e. The molecule has 4 rings (SSSR count). The van der Waals surface area contributed by atoms with Crippen LogP contribution < -0.4 is 0 Å². The van der Waals surface area contributed by atoms with Crippen molar-refractivity contribution < 1.29 is 9.53 Å². The van der Waals surface area contributed by atoms with Crippen LogP contribution in [-0.2, 0) is 22.6 Å². The maximum absolute atomic E-state index is 14.0. The third kappa shape index (κ3) is 5.79. The molecule has 0 saturated carbocycles. The number of hydrogen-bond acceptors (Lipinski definition) is 2. The van der Waals surface area contributed by atoms with Crippen LogP contribution in [0.4, 0.5) is 0 Å². The summed E-state index contributed by atoms with van der Waals surface area (Å²) in [5.41, 5.74) is 4.32. The van der Waals surface area contributed by atoms with Crippen LogP contribution in [0.2, 0.25) is 0 Å². The molecular formula is C29H30N2O2. The summed E-state index contributed by atoms with van der Waals surface area (Å²) in [6.45, 7) is 2.32. The maximum atomic E-state index is 14.0. The zero-order valence-corrected chi connectivity index (χ0v) is 19.0. The molecule has 0 radical (unpaired) electrons. The minimum Gasteiger partial charge on any atom is -0.383 e. The second kappa shape index (κ2) is 11.3. The standard InChI is InChI=1S/C29H30N2O2/c1-33-21-20-31(23-27-18-11-19-30(27)22-24-12-5-2-6-13-24)29(32)28(25-14-7-3-8-15-25)26-16-9-4-10-17-26/h2-19,28H,20-23H2,1H3. The molecule has 0 spiro atoms. The van der Waals surface area contributed by atoms with Crippen molar-refractivity contribution in [1.29, 1.82) is 0 Å². The summed E-state index contributed by atoms with van der Waals surface area (Å²) in [6.07, 6.45) is 2.08. The Balaban J connectivity index is 1.63. The second-order valence-electron chi connectivity index (χ2n) is 8.12. The Hall–Kier alpha value is -3.63. The van der Waals surface area contributed by atoms with E-state index in [-0.39, 0.29) is 11.8 Å². The molecule has 0 aliphatic carbocycles. The van der Waals surface area contributed by atoms with Crippen molar-refractivity contribution in [3.63, 3.8) is 0 Å². The van der Waals surface area contributed by atoms with Crippen LogP contribution in [0.3, 0.4) is 0 Å². The van der Waals surface area contributed by atoms with Gasteiger partial charge in [0, 0.05) is 32.1 Å². The monoisotopic (exact) mass is 438 g/mol. The molecule has 0 bridgehead atoms. The van der Waals surface area contributed by atoms with Crippen molar-refractivity contribution in [2.24, 2.45) is 0 Å². The first-order valence-electron chi connectivity index (χ1n) is 11.3. The second-order valence-corrected chi connectivity index (χ2v) is 8.12. The van der Waals surface area contributed by atoms with Crippen molar-refractivity contribution in [1.82, 2.24) is 9.47 Å². The van der Waals surface area contributed by atoms with Crippen LogP contribution in [0.25, 0.3) is 0 Å². The first-order chi connectivity index (χ1) is 16.3. The third-order valence-electron chi connectivity index (χ3n) is 5.86. The van der Waals surface area contributed by atoms with Gasteiger partial charge in [0.2, 0.25) is 5.91 Å². The Labute approximate surface area is 196 Å². The van der Waals surface area contributed by atoms with Gasteiger partial charge in [-0.2, -0.15) is 0 Å². The summed E-state index contributed by atoms with van der Waals surface area (Å²) in [4.78, 5) is 15.9. The quantitative estimate of drug-likeness (QED) is 0.335. The number of carbonyl (C=O) groups excluding carboxylic acids is 1. The molecule has 0 unspecified atom stereocenters. The number of rotatable bonds is 10. The predicted octanol–water partition coefficient (Wildman–Crippen LogP) is 5.34.